The van der Waals surface area contributed by atoms with Crippen LogP contribution in [-0.4, -0.2) is 39.8 Å². The van der Waals surface area contributed by atoms with Crippen LogP contribution in [0.2, 0.25) is 0 Å². The third kappa shape index (κ3) is 3.24. The van der Waals surface area contributed by atoms with Crippen LogP contribution in [0.25, 0.3) is 10.5 Å². The summed E-state index contributed by atoms with van der Waals surface area (Å²) in [4.78, 5) is 22.4. The Hall–Kier alpha value is -3.87. The number of nitrogens with zero attached hydrogens (tertiary/aromatic N) is 5. The molecule has 4 rings (SSSR count). The number of hydrogen-bond donors (Lipinski definition) is 1. The molecule has 2 aromatic heterocycles. The van der Waals surface area contributed by atoms with E-state index in [-0.39, 0.29) is 35.9 Å². The number of anilines is 2. The highest BCUT2D eigenvalue weighted by Gasteiger charge is 2.25. The van der Waals surface area contributed by atoms with Gasteiger partial charge in [-0.15, -0.1) is 5.10 Å². The van der Waals surface area contributed by atoms with Crippen LogP contribution in [0.15, 0.2) is 24.4 Å². The highest BCUT2D eigenvalue weighted by atomic mass is 19.1. The molecular formula is C20H19FN6O3. The smallest absolute Gasteiger partial charge is 0.346 e. The molecule has 10 heteroatoms. The van der Waals surface area contributed by atoms with Gasteiger partial charge in [0.2, 0.25) is 5.69 Å². The fraction of sp³-hybridized carbons (Fsp3) is 0.300. The first-order valence-electron chi connectivity index (χ1n) is 9.35. The molecule has 0 unspecified atom stereocenters. The number of aromatic nitrogens is 3. The number of carbonyl (C=O) groups excluding carboxylic acids is 1. The lowest BCUT2D eigenvalue weighted by Crippen LogP contribution is -2.25. The summed E-state index contributed by atoms with van der Waals surface area (Å²) in [7, 11) is 0. The van der Waals surface area contributed by atoms with Crippen molar-refractivity contribution < 1.29 is 18.7 Å². The molecule has 0 amide bonds. The second kappa shape index (κ2) is 7.51. The van der Waals surface area contributed by atoms with Crippen LogP contribution in [0.1, 0.15) is 29.8 Å². The Balaban J connectivity index is 1.92. The van der Waals surface area contributed by atoms with Crippen LogP contribution in [0, 0.1) is 12.4 Å². The van der Waals surface area contributed by atoms with Crippen LogP contribution in [-0.2, 0) is 11.3 Å². The highest BCUT2D eigenvalue weighted by molar-refractivity contribution is 6.00. The molecule has 0 spiro atoms. The van der Waals surface area contributed by atoms with Crippen molar-refractivity contribution in [1.82, 2.24) is 14.6 Å². The first-order chi connectivity index (χ1) is 14.4. The maximum atomic E-state index is 14.3. The van der Waals surface area contributed by atoms with Gasteiger partial charge in [-0.05, 0) is 32.0 Å². The van der Waals surface area contributed by atoms with Gasteiger partial charge in [-0.1, -0.05) is 0 Å². The van der Waals surface area contributed by atoms with E-state index < -0.39 is 17.9 Å². The minimum Gasteiger partial charge on any atom is -0.488 e. The van der Waals surface area contributed by atoms with E-state index in [4.69, 9.17) is 21.8 Å². The summed E-state index contributed by atoms with van der Waals surface area (Å²) in [5.74, 6) is -0.409. The molecule has 2 bridgehead atoms. The number of fused-ring (bicyclic) bond motifs is 2. The fourth-order valence-corrected chi connectivity index (χ4v) is 3.34. The van der Waals surface area contributed by atoms with E-state index in [1.54, 1.807) is 19.2 Å². The van der Waals surface area contributed by atoms with Crippen molar-refractivity contribution in [3.05, 3.63) is 52.8 Å². The fourth-order valence-electron chi connectivity index (χ4n) is 3.34. The number of halogens is 1. The minimum absolute atomic E-state index is 0.0109. The van der Waals surface area contributed by atoms with Gasteiger partial charge in [0.05, 0.1) is 6.57 Å². The topological polar surface area (TPSA) is 99.3 Å². The predicted molar refractivity (Wildman–Crippen MR) is 107 cm³/mol. The number of rotatable bonds is 1. The summed E-state index contributed by atoms with van der Waals surface area (Å²) in [6.45, 7) is 11.7. The summed E-state index contributed by atoms with van der Waals surface area (Å²) in [6, 6.07) is 4.38. The van der Waals surface area contributed by atoms with Gasteiger partial charge in [0.15, 0.2) is 11.5 Å². The second-order valence-corrected chi connectivity index (χ2v) is 6.84. The van der Waals surface area contributed by atoms with Crippen molar-refractivity contribution in [3.63, 3.8) is 0 Å². The van der Waals surface area contributed by atoms with Gasteiger partial charge in [-0.3, -0.25) is 0 Å². The molecule has 0 aliphatic carbocycles. The molecule has 0 radical (unpaired) electrons. The lowest BCUT2D eigenvalue weighted by atomic mass is 10.1. The Bertz CT molecular complexity index is 1190. The molecular weight excluding hydrogens is 391 g/mol. The van der Waals surface area contributed by atoms with Crippen molar-refractivity contribution in [1.29, 1.82) is 0 Å². The average molecular weight is 410 g/mol. The maximum absolute atomic E-state index is 14.3. The molecule has 9 nitrogen and oxygen atoms in total. The van der Waals surface area contributed by atoms with Gasteiger partial charge in [-0.25, -0.2) is 23.5 Å². The summed E-state index contributed by atoms with van der Waals surface area (Å²) < 4.78 is 27.0. The molecule has 2 N–H and O–H groups in total. The normalized spacial score (nSPS) is 16.7. The average Bonchev–Trinajstić information content (AvgIpc) is 3.06. The van der Waals surface area contributed by atoms with E-state index in [1.807, 2.05) is 11.8 Å². The summed E-state index contributed by atoms with van der Waals surface area (Å²) in [5, 5.41) is 4.11. The van der Waals surface area contributed by atoms with Crippen molar-refractivity contribution in [2.24, 2.45) is 0 Å². The zero-order chi connectivity index (χ0) is 21.4. The van der Waals surface area contributed by atoms with E-state index in [0.717, 1.165) is 0 Å². The van der Waals surface area contributed by atoms with Crippen molar-refractivity contribution >= 4 is 28.9 Å². The first kappa shape index (κ1) is 19.4. The van der Waals surface area contributed by atoms with Gasteiger partial charge in [0.25, 0.3) is 0 Å². The Morgan fingerprint density at radius 2 is 2.20 bits per heavy atom. The van der Waals surface area contributed by atoms with E-state index in [0.29, 0.717) is 23.7 Å². The molecule has 0 saturated carbocycles. The van der Waals surface area contributed by atoms with Gasteiger partial charge < -0.3 is 20.1 Å². The maximum Gasteiger partial charge on any atom is 0.346 e. The molecule has 154 valence electrons. The molecule has 0 saturated heterocycles. The van der Waals surface area contributed by atoms with Crippen LogP contribution in [0.5, 0.6) is 5.75 Å². The van der Waals surface area contributed by atoms with Gasteiger partial charge in [-0.2, -0.15) is 0 Å². The van der Waals surface area contributed by atoms with E-state index >= 15 is 0 Å². The van der Waals surface area contributed by atoms with E-state index in [2.05, 4.69) is 14.9 Å². The molecule has 1 atom stereocenters. The Morgan fingerprint density at radius 1 is 1.40 bits per heavy atom. The number of benzene rings is 1. The zero-order valence-corrected chi connectivity index (χ0v) is 16.4. The molecule has 1 aliphatic rings. The third-order valence-corrected chi connectivity index (χ3v) is 4.84. The number of nitrogen functional groups attached to an aromatic ring is 1. The quantitative estimate of drug-likeness (QED) is 0.486. The SMILES string of the molecule is [C-]#[N+]c1c(F)ccc2c1CN(CC)c1ccn3nc(N)c(c3n1)C(=O)OC[C@H](C)O2. The van der Waals surface area contributed by atoms with Crippen LogP contribution < -0.4 is 15.4 Å². The van der Waals surface area contributed by atoms with Crippen molar-refractivity contribution in [2.45, 2.75) is 26.5 Å². The molecule has 30 heavy (non-hydrogen) atoms. The van der Waals surface area contributed by atoms with E-state index in [1.165, 1.54) is 16.6 Å². The van der Waals surface area contributed by atoms with Crippen LogP contribution >= 0.6 is 0 Å². The lowest BCUT2D eigenvalue weighted by molar-refractivity contribution is 0.0343. The Labute approximate surface area is 171 Å². The van der Waals surface area contributed by atoms with Crippen LogP contribution in [0.4, 0.5) is 21.7 Å². The van der Waals surface area contributed by atoms with Gasteiger partial charge >= 0.3 is 5.97 Å². The minimum atomic E-state index is -0.661. The monoisotopic (exact) mass is 410 g/mol. The number of carbonyl (C=O) groups is 1. The Kier molecular flexibility index (Phi) is 4.87. The zero-order valence-electron chi connectivity index (χ0n) is 16.4. The number of esters is 1. The van der Waals surface area contributed by atoms with Gasteiger partial charge in [0, 0.05) is 24.8 Å². The highest BCUT2D eigenvalue weighted by Crippen LogP contribution is 2.35. The van der Waals surface area contributed by atoms with Crippen LogP contribution in [0.3, 0.4) is 0 Å². The van der Waals surface area contributed by atoms with Gasteiger partial charge in [0.1, 0.15) is 35.7 Å². The Morgan fingerprint density at radius 3 is 2.93 bits per heavy atom. The lowest BCUT2D eigenvalue weighted by Gasteiger charge is -2.25. The summed E-state index contributed by atoms with van der Waals surface area (Å²) in [6.07, 6.45) is 1.09. The summed E-state index contributed by atoms with van der Waals surface area (Å²) >= 11 is 0. The number of nitrogens with two attached hydrogens (primary N) is 1. The molecule has 1 aliphatic heterocycles. The van der Waals surface area contributed by atoms with Crippen molar-refractivity contribution in [3.8, 4) is 5.75 Å². The second-order valence-electron chi connectivity index (χ2n) is 6.84. The number of hydrogen-bond acceptors (Lipinski definition) is 7. The van der Waals surface area contributed by atoms with Crippen molar-refractivity contribution in [2.75, 3.05) is 23.8 Å². The molecule has 1 aromatic carbocycles. The third-order valence-electron chi connectivity index (χ3n) is 4.84. The predicted octanol–water partition coefficient (Wildman–Crippen LogP) is 2.97. The molecule has 3 heterocycles. The number of cyclic esters (lactones) is 1. The largest absolute Gasteiger partial charge is 0.488 e. The summed E-state index contributed by atoms with van der Waals surface area (Å²) in [5.41, 5.74) is 6.55. The number of ether oxygens (including phenoxy) is 2. The first-order valence-corrected chi connectivity index (χ1v) is 9.35. The standard InChI is InChI=1S/C20H19FN6O3/c1-4-26-9-12-14(6-5-13(21)17(12)23-3)30-11(2)10-29-20(28)16-18(22)25-27-8-7-15(26)24-19(16)27/h5-8,11H,4,9-10H2,1-2H3,(H2,22,25)/t11-/m0/s1. The molecule has 0 fully saturated rings. The van der Waals surface area contributed by atoms with E-state index in [9.17, 15) is 9.18 Å². The molecule has 3 aromatic rings.